The van der Waals surface area contributed by atoms with Crippen LogP contribution in [-0.4, -0.2) is 66.1 Å². The van der Waals surface area contributed by atoms with Crippen molar-refractivity contribution in [1.29, 1.82) is 0 Å². The van der Waals surface area contributed by atoms with Gasteiger partial charge in [-0.1, -0.05) is 91.0 Å². The molecule has 0 aromatic heterocycles. The molecular formula is C37H38O6. The fourth-order valence-electron chi connectivity index (χ4n) is 5.70. The van der Waals surface area contributed by atoms with Crippen LogP contribution in [-0.2, 0) is 18.9 Å². The molecule has 0 aliphatic carbocycles. The van der Waals surface area contributed by atoms with E-state index in [9.17, 15) is 0 Å². The van der Waals surface area contributed by atoms with E-state index in [-0.39, 0.29) is 5.92 Å². The van der Waals surface area contributed by atoms with Gasteiger partial charge in [-0.2, -0.15) is 0 Å². The molecule has 43 heavy (non-hydrogen) atoms. The highest BCUT2D eigenvalue weighted by Crippen LogP contribution is 2.47. The van der Waals surface area contributed by atoms with Crippen LogP contribution in [0.1, 0.15) is 22.6 Å². The molecule has 6 rings (SSSR count). The van der Waals surface area contributed by atoms with Crippen molar-refractivity contribution in [3.63, 3.8) is 0 Å². The van der Waals surface area contributed by atoms with Gasteiger partial charge in [0.15, 0.2) is 0 Å². The monoisotopic (exact) mass is 578 g/mol. The molecular weight excluding hydrogens is 540 g/mol. The molecule has 0 N–H and O–H groups in total. The third-order valence-electron chi connectivity index (χ3n) is 7.66. The van der Waals surface area contributed by atoms with Gasteiger partial charge in [-0.05, 0) is 39.2 Å². The van der Waals surface area contributed by atoms with E-state index < -0.39 is 0 Å². The van der Waals surface area contributed by atoms with Crippen LogP contribution in [0.5, 0.6) is 11.5 Å². The van der Waals surface area contributed by atoms with Gasteiger partial charge >= 0.3 is 0 Å². The lowest BCUT2D eigenvalue weighted by molar-refractivity contribution is -0.00696. The average molecular weight is 579 g/mol. The van der Waals surface area contributed by atoms with Crippen molar-refractivity contribution in [1.82, 2.24) is 0 Å². The Kier molecular flexibility index (Phi) is 10.2. The zero-order chi connectivity index (χ0) is 29.1. The second-order valence-electron chi connectivity index (χ2n) is 10.4. The Morgan fingerprint density at radius 1 is 0.372 bits per heavy atom. The third kappa shape index (κ3) is 7.17. The summed E-state index contributed by atoms with van der Waals surface area (Å²) < 4.78 is 35.9. The van der Waals surface area contributed by atoms with Gasteiger partial charge in [0.1, 0.15) is 24.7 Å². The minimum Gasteiger partial charge on any atom is -0.491 e. The van der Waals surface area contributed by atoms with Crippen molar-refractivity contribution in [2.24, 2.45) is 0 Å². The van der Waals surface area contributed by atoms with Gasteiger partial charge in [0.05, 0.1) is 52.9 Å². The quantitative estimate of drug-likeness (QED) is 0.213. The van der Waals surface area contributed by atoms with Crippen molar-refractivity contribution in [2.75, 3.05) is 66.1 Å². The summed E-state index contributed by atoms with van der Waals surface area (Å²) >= 11 is 0. The summed E-state index contributed by atoms with van der Waals surface area (Å²) in [6.07, 6.45) is 0. The summed E-state index contributed by atoms with van der Waals surface area (Å²) in [7, 11) is 0. The number of rotatable bonds is 1. The normalized spacial score (nSPS) is 16.7. The fraction of sp³-hybridized carbons (Fsp3) is 0.297. The maximum atomic E-state index is 6.53. The third-order valence-corrected chi connectivity index (χ3v) is 7.66. The van der Waals surface area contributed by atoms with E-state index in [4.69, 9.17) is 28.4 Å². The Labute approximate surface area is 253 Å². The molecule has 0 bridgehead atoms. The highest BCUT2D eigenvalue weighted by atomic mass is 16.6. The van der Waals surface area contributed by atoms with Crippen LogP contribution in [0.2, 0.25) is 0 Å². The first-order chi connectivity index (χ1) is 21.4. The Morgan fingerprint density at radius 2 is 0.767 bits per heavy atom. The minimum absolute atomic E-state index is 0.166. The number of fused-ring (bicyclic) bond motifs is 6. The van der Waals surface area contributed by atoms with Crippen LogP contribution in [0.4, 0.5) is 0 Å². The largest absolute Gasteiger partial charge is 0.491 e. The van der Waals surface area contributed by atoms with Crippen molar-refractivity contribution < 1.29 is 28.4 Å². The molecule has 5 aromatic carbocycles. The van der Waals surface area contributed by atoms with E-state index in [1.165, 1.54) is 0 Å². The van der Waals surface area contributed by atoms with Gasteiger partial charge in [-0.15, -0.1) is 0 Å². The predicted octanol–water partition coefficient (Wildman–Crippen LogP) is 7.01. The molecule has 0 spiro atoms. The zero-order valence-corrected chi connectivity index (χ0v) is 24.4. The van der Waals surface area contributed by atoms with E-state index in [0.717, 1.165) is 49.7 Å². The minimum atomic E-state index is -0.166. The van der Waals surface area contributed by atoms with E-state index in [0.29, 0.717) is 66.1 Å². The number of hydrogen-bond acceptors (Lipinski definition) is 6. The SMILES string of the molecule is c1ccc(C2c3c(ccc4ccccc34)OCCOCCOCCOCCOCCOc3ccc4ccccc4c32)cc1. The molecule has 1 heterocycles. The molecule has 0 saturated carbocycles. The summed E-state index contributed by atoms with van der Waals surface area (Å²) in [4.78, 5) is 0. The second kappa shape index (κ2) is 15.0. The van der Waals surface area contributed by atoms with Crippen LogP contribution >= 0.6 is 0 Å². The maximum absolute atomic E-state index is 6.53. The van der Waals surface area contributed by atoms with E-state index in [2.05, 4.69) is 103 Å². The molecule has 6 nitrogen and oxygen atoms in total. The summed E-state index contributed by atoms with van der Waals surface area (Å²) in [6.45, 7) is 4.84. The van der Waals surface area contributed by atoms with Crippen LogP contribution in [0.25, 0.3) is 21.5 Å². The average Bonchev–Trinajstić information content (AvgIpc) is 3.06. The molecule has 222 valence electrons. The smallest absolute Gasteiger partial charge is 0.124 e. The first kappa shape index (κ1) is 29.1. The summed E-state index contributed by atoms with van der Waals surface area (Å²) in [5.74, 6) is 1.50. The molecule has 0 unspecified atom stereocenters. The van der Waals surface area contributed by atoms with Crippen LogP contribution in [0, 0.1) is 0 Å². The van der Waals surface area contributed by atoms with Crippen LogP contribution < -0.4 is 9.47 Å². The lowest BCUT2D eigenvalue weighted by Crippen LogP contribution is -2.14. The molecule has 0 radical (unpaired) electrons. The topological polar surface area (TPSA) is 55.4 Å². The van der Waals surface area contributed by atoms with Gasteiger partial charge in [0.25, 0.3) is 0 Å². The van der Waals surface area contributed by atoms with Gasteiger partial charge in [0.2, 0.25) is 0 Å². The molecule has 1 aliphatic heterocycles. The first-order valence-corrected chi connectivity index (χ1v) is 15.0. The maximum Gasteiger partial charge on any atom is 0.124 e. The summed E-state index contributed by atoms with van der Waals surface area (Å²) in [5.41, 5.74) is 3.37. The number of ether oxygens (including phenoxy) is 6. The standard InChI is InChI=1S/C37H38O6/c1-2-10-30(11-3-1)35-36-31-12-6-4-8-28(31)14-16-33(36)42-26-24-40-22-20-38-18-19-39-21-23-41-25-27-43-34-17-15-29-9-5-7-13-32(29)37(34)35/h1-17,35H,18-27H2. The predicted molar refractivity (Wildman–Crippen MR) is 170 cm³/mol. The van der Waals surface area contributed by atoms with Crippen LogP contribution in [0.15, 0.2) is 103 Å². The highest BCUT2D eigenvalue weighted by molar-refractivity contribution is 5.93. The van der Waals surface area contributed by atoms with Crippen molar-refractivity contribution in [2.45, 2.75) is 5.92 Å². The lowest BCUT2D eigenvalue weighted by atomic mass is 9.80. The first-order valence-electron chi connectivity index (χ1n) is 15.0. The summed E-state index contributed by atoms with van der Waals surface area (Å²) in [5, 5.41) is 4.60. The molecule has 6 heteroatoms. The Balaban J connectivity index is 1.50. The van der Waals surface area contributed by atoms with Crippen molar-refractivity contribution >= 4 is 21.5 Å². The molecule has 5 aromatic rings. The Morgan fingerprint density at radius 3 is 1.23 bits per heavy atom. The summed E-state index contributed by atoms with van der Waals surface area (Å²) in [6, 6.07) is 36.1. The fourth-order valence-corrected chi connectivity index (χ4v) is 5.70. The van der Waals surface area contributed by atoms with Crippen molar-refractivity contribution in [3.8, 4) is 11.5 Å². The van der Waals surface area contributed by atoms with E-state index in [1.807, 2.05) is 0 Å². The highest BCUT2D eigenvalue weighted by Gasteiger charge is 2.28. The molecule has 0 saturated heterocycles. The van der Waals surface area contributed by atoms with E-state index >= 15 is 0 Å². The Bertz CT molecular complexity index is 1500. The molecule has 0 atom stereocenters. The molecule has 1 aliphatic rings. The van der Waals surface area contributed by atoms with Gasteiger partial charge in [0, 0.05) is 17.0 Å². The lowest BCUT2D eigenvalue weighted by Gasteiger charge is -2.27. The van der Waals surface area contributed by atoms with Gasteiger partial charge in [-0.25, -0.2) is 0 Å². The number of hydrogen-bond donors (Lipinski definition) is 0. The molecule has 0 fully saturated rings. The van der Waals surface area contributed by atoms with Crippen LogP contribution in [0.3, 0.4) is 0 Å². The Hall–Kier alpha value is -3.94. The second-order valence-corrected chi connectivity index (χ2v) is 10.4. The van der Waals surface area contributed by atoms with E-state index in [1.54, 1.807) is 0 Å². The number of benzene rings is 5. The van der Waals surface area contributed by atoms with Crippen molar-refractivity contribution in [3.05, 3.63) is 120 Å². The molecule has 0 amide bonds. The van der Waals surface area contributed by atoms with Gasteiger partial charge in [-0.3, -0.25) is 0 Å². The van der Waals surface area contributed by atoms with Gasteiger partial charge < -0.3 is 28.4 Å². The zero-order valence-electron chi connectivity index (χ0n) is 24.4.